The molecule has 4 heteroatoms. The number of likely N-dealkylation sites (tertiary alicyclic amines) is 1. The van der Waals surface area contributed by atoms with Crippen molar-refractivity contribution in [3.05, 3.63) is 0 Å². The van der Waals surface area contributed by atoms with E-state index in [1.165, 1.54) is 0 Å². The first-order valence-corrected chi connectivity index (χ1v) is 6.72. The fourth-order valence-corrected chi connectivity index (χ4v) is 3.02. The summed E-state index contributed by atoms with van der Waals surface area (Å²) >= 11 is 0. The number of amides is 1. The topological polar surface area (TPSA) is 46.6 Å². The first kappa shape index (κ1) is 13.4. The summed E-state index contributed by atoms with van der Waals surface area (Å²) in [6.07, 6.45) is 2.75. The van der Waals surface area contributed by atoms with Gasteiger partial charge in [0.2, 0.25) is 0 Å². The average Bonchev–Trinajstić information content (AvgIpc) is 2.90. The lowest BCUT2D eigenvalue weighted by atomic mass is 9.91. The fourth-order valence-electron chi connectivity index (χ4n) is 3.02. The van der Waals surface area contributed by atoms with E-state index in [9.17, 15) is 9.59 Å². The summed E-state index contributed by atoms with van der Waals surface area (Å²) in [7, 11) is 0. The van der Waals surface area contributed by atoms with Crippen molar-refractivity contribution in [1.29, 1.82) is 0 Å². The van der Waals surface area contributed by atoms with Crippen LogP contribution in [0, 0.1) is 11.3 Å². The Morgan fingerprint density at radius 2 is 2.00 bits per heavy atom. The van der Waals surface area contributed by atoms with Gasteiger partial charge in [-0.3, -0.25) is 4.79 Å². The van der Waals surface area contributed by atoms with Gasteiger partial charge in [0.25, 0.3) is 0 Å². The van der Waals surface area contributed by atoms with Crippen LogP contribution in [0.5, 0.6) is 0 Å². The van der Waals surface area contributed by atoms with Gasteiger partial charge < -0.3 is 9.64 Å². The van der Waals surface area contributed by atoms with Crippen molar-refractivity contribution in [3.8, 4) is 0 Å². The third kappa shape index (κ3) is 2.68. The van der Waals surface area contributed by atoms with Crippen LogP contribution in [-0.2, 0) is 9.53 Å². The number of Topliss-reactive ketones (excluding diaryl/α,β-unsaturated/α-hetero) is 1. The van der Waals surface area contributed by atoms with Gasteiger partial charge in [-0.05, 0) is 52.4 Å². The largest absolute Gasteiger partial charge is 0.444 e. The lowest BCUT2D eigenvalue weighted by Crippen LogP contribution is -2.44. The molecule has 4 nitrogen and oxygen atoms in total. The highest BCUT2D eigenvalue weighted by molar-refractivity contribution is 5.82. The highest BCUT2D eigenvalue weighted by Crippen LogP contribution is 2.58. The van der Waals surface area contributed by atoms with Crippen molar-refractivity contribution in [2.45, 2.75) is 52.6 Å². The number of nitrogens with zero attached hydrogens (tertiary/aromatic N) is 1. The zero-order valence-electron chi connectivity index (χ0n) is 11.8. The molecule has 1 heterocycles. The number of ether oxygens (including phenoxy) is 1. The molecule has 0 aromatic rings. The van der Waals surface area contributed by atoms with Crippen LogP contribution in [-0.4, -0.2) is 35.5 Å². The van der Waals surface area contributed by atoms with Gasteiger partial charge in [0.1, 0.15) is 11.4 Å². The summed E-state index contributed by atoms with van der Waals surface area (Å²) in [4.78, 5) is 25.3. The number of carbonyl (C=O) groups is 2. The predicted molar refractivity (Wildman–Crippen MR) is 68.3 cm³/mol. The van der Waals surface area contributed by atoms with Gasteiger partial charge >= 0.3 is 6.09 Å². The Bertz CT molecular complexity index is 372. The average molecular weight is 253 g/mol. The molecule has 2 atom stereocenters. The van der Waals surface area contributed by atoms with Crippen molar-refractivity contribution in [2.24, 2.45) is 11.3 Å². The van der Waals surface area contributed by atoms with E-state index >= 15 is 0 Å². The minimum absolute atomic E-state index is 0.0704. The number of rotatable bonds is 1. The molecule has 1 saturated carbocycles. The summed E-state index contributed by atoms with van der Waals surface area (Å²) in [6, 6.07) is 0. The lowest BCUT2D eigenvalue weighted by molar-refractivity contribution is -0.119. The van der Waals surface area contributed by atoms with Gasteiger partial charge in [0, 0.05) is 19.0 Å². The van der Waals surface area contributed by atoms with E-state index in [2.05, 4.69) is 0 Å². The molecule has 0 radical (unpaired) electrons. The summed E-state index contributed by atoms with van der Waals surface area (Å²) < 4.78 is 5.40. The maximum absolute atomic E-state index is 12.0. The van der Waals surface area contributed by atoms with E-state index in [0.29, 0.717) is 6.54 Å². The quantitative estimate of drug-likeness (QED) is 0.721. The molecule has 1 amide bonds. The van der Waals surface area contributed by atoms with Crippen molar-refractivity contribution >= 4 is 11.9 Å². The smallest absolute Gasteiger partial charge is 0.410 e. The summed E-state index contributed by atoms with van der Waals surface area (Å²) in [5.41, 5.74) is -0.383. The minimum Gasteiger partial charge on any atom is -0.444 e. The fraction of sp³-hybridized carbons (Fsp3) is 0.857. The van der Waals surface area contributed by atoms with Gasteiger partial charge in [-0.15, -0.1) is 0 Å². The molecular formula is C14H23NO3. The Balaban J connectivity index is 1.96. The van der Waals surface area contributed by atoms with Gasteiger partial charge in [-0.25, -0.2) is 4.79 Å². The van der Waals surface area contributed by atoms with Crippen molar-refractivity contribution < 1.29 is 14.3 Å². The number of hydrogen-bond donors (Lipinski definition) is 0. The molecule has 0 N–H and O–H groups in total. The second-order valence-corrected chi connectivity index (χ2v) is 6.74. The van der Waals surface area contributed by atoms with E-state index in [1.807, 2.05) is 20.8 Å². The molecule has 2 aliphatic rings. The van der Waals surface area contributed by atoms with Gasteiger partial charge in [-0.2, -0.15) is 0 Å². The maximum atomic E-state index is 12.0. The molecule has 1 saturated heterocycles. The standard InChI is InChI=1S/C14H23NO3/c1-10(16)11-8-14(11)6-5-7-15(9-14)12(17)18-13(2,3)4/h11H,5-9H2,1-4H3. The van der Waals surface area contributed by atoms with Crippen LogP contribution >= 0.6 is 0 Å². The summed E-state index contributed by atoms with van der Waals surface area (Å²) in [6.45, 7) is 8.72. The van der Waals surface area contributed by atoms with Gasteiger partial charge in [-0.1, -0.05) is 0 Å². The first-order chi connectivity index (χ1) is 8.23. The van der Waals surface area contributed by atoms with Crippen molar-refractivity contribution in [3.63, 3.8) is 0 Å². The molecule has 102 valence electrons. The third-order valence-electron chi connectivity index (χ3n) is 3.94. The van der Waals surface area contributed by atoms with Crippen LogP contribution in [0.15, 0.2) is 0 Å². The molecule has 0 aromatic carbocycles. The monoisotopic (exact) mass is 253 g/mol. The summed E-state index contributed by atoms with van der Waals surface area (Å²) in [5, 5.41) is 0. The molecule has 2 unspecified atom stereocenters. The highest BCUT2D eigenvalue weighted by atomic mass is 16.6. The molecule has 1 aliphatic carbocycles. The lowest BCUT2D eigenvalue weighted by Gasteiger charge is -2.34. The van der Waals surface area contributed by atoms with Gasteiger partial charge in [0.15, 0.2) is 0 Å². The van der Waals surface area contributed by atoms with E-state index in [-0.39, 0.29) is 23.2 Å². The maximum Gasteiger partial charge on any atom is 0.410 e. The summed E-state index contributed by atoms with van der Waals surface area (Å²) in [5.74, 6) is 0.434. The normalized spacial score (nSPS) is 31.3. The SMILES string of the molecule is CC(=O)C1CC12CCCN(C(=O)OC(C)(C)C)C2. The van der Waals surface area contributed by atoms with E-state index < -0.39 is 5.60 Å². The van der Waals surface area contributed by atoms with E-state index in [4.69, 9.17) is 4.74 Å². The Labute approximate surface area is 109 Å². The molecule has 1 spiro atoms. The molecule has 2 fully saturated rings. The Hall–Kier alpha value is -1.06. The van der Waals surface area contributed by atoms with E-state index in [1.54, 1.807) is 11.8 Å². The number of hydrogen-bond acceptors (Lipinski definition) is 3. The highest BCUT2D eigenvalue weighted by Gasteiger charge is 2.58. The van der Waals surface area contributed by atoms with Crippen LogP contribution < -0.4 is 0 Å². The molecule has 2 rings (SSSR count). The van der Waals surface area contributed by atoms with Crippen LogP contribution in [0.4, 0.5) is 4.79 Å². The molecular weight excluding hydrogens is 230 g/mol. The molecule has 0 aromatic heterocycles. The third-order valence-corrected chi connectivity index (χ3v) is 3.94. The number of carbonyl (C=O) groups excluding carboxylic acids is 2. The van der Waals surface area contributed by atoms with Crippen LogP contribution in [0.3, 0.4) is 0 Å². The van der Waals surface area contributed by atoms with Crippen molar-refractivity contribution in [2.75, 3.05) is 13.1 Å². The minimum atomic E-state index is -0.453. The second-order valence-electron chi connectivity index (χ2n) is 6.74. The van der Waals surface area contributed by atoms with Gasteiger partial charge in [0.05, 0.1) is 0 Å². The zero-order chi connectivity index (χ0) is 13.6. The second kappa shape index (κ2) is 4.25. The first-order valence-electron chi connectivity index (χ1n) is 6.72. The Kier molecular flexibility index (Phi) is 3.16. The number of piperidine rings is 1. The van der Waals surface area contributed by atoms with E-state index in [0.717, 1.165) is 25.8 Å². The number of ketones is 1. The van der Waals surface area contributed by atoms with Crippen LogP contribution in [0.25, 0.3) is 0 Å². The zero-order valence-corrected chi connectivity index (χ0v) is 11.8. The predicted octanol–water partition coefficient (Wildman–Crippen LogP) is 2.61. The molecule has 0 bridgehead atoms. The molecule has 1 aliphatic heterocycles. The van der Waals surface area contributed by atoms with Crippen molar-refractivity contribution in [1.82, 2.24) is 4.90 Å². The van der Waals surface area contributed by atoms with Crippen LogP contribution in [0.2, 0.25) is 0 Å². The Morgan fingerprint density at radius 3 is 2.50 bits per heavy atom. The molecule has 18 heavy (non-hydrogen) atoms. The van der Waals surface area contributed by atoms with Crippen LogP contribution in [0.1, 0.15) is 47.0 Å². The Morgan fingerprint density at radius 1 is 1.33 bits per heavy atom.